The van der Waals surface area contributed by atoms with Crippen molar-refractivity contribution >= 4 is 11.8 Å². The normalized spacial score (nSPS) is 22.3. The second-order valence-electron chi connectivity index (χ2n) is 4.47. The Morgan fingerprint density at radius 3 is 3.06 bits per heavy atom. The first kappa shape index (κ1) is 11.9. The Morgan fingerprint density at radius 1 is 1.56 bits per heavy atom. The summed E-state index contributed by atoms with van der Waals surface area (Å²) in [4.78, 5) is 0. The Kier molecular flexibility index (Phi) is 3.87. The zero-order valence-corrected chi connectivity index (χ0v) is 10.3. The zero-order chi connectivity index (χ0) is 11.5. The lowest BCUT2D eigenvalue weighted by molar-refractivity contribution is 0.120. The summed E-state index contributed by atoms with van der Waals surface area (Å²) in [6.45, 7) is 1.96. The van der Waals surface area contributed by atoms with Crippen molar-refractivity contribution in [2.45, 2.75) is 25.9 Å². The molecule has 0 bridgehead atoms. The van der Waals surface area contributed by atoms with E-state index in [1.54, 1.807) is 12.1 Å². The molecule has 0 saturated carbocycles. The summed E-state index contributed by atoms with van der Waals surface area (Å²) in [6, 6.07) is 4.79. The van der Waals surface area contributed by atoms with Gasteiger partial charge in [-0.3, -0.25) is 0 Å². The number of hydrogen-bond acceptors (Lipinski definition) is 2. The summed E-state index contributed by atoms with van der Waals surface area (Å²) in [5, 5.41) is 10.1. The number of aliphatic hydroxyl groups excluding tert-OH is 1. The van der Waals surface area contributed by atoms with Crippen LogP contribution in [0.15, 0.2) is 18.2 Å². The average molecular weight is 240 g/mol. The molecule has 1 aromatic carbocycles. The van der Waals surface area contributed by atoms with E-state index in [0.717, 1.165) is 29.1 Å². The van der Waals surface area contributed by atoms with Gasteiger partial charge in [-0.05, 0) is 60.4 Å². The van der Waals surface area contributed by atoms with Crippen molar-refractivity contribution in [1.82, 2.24) is 0 Å². The van der Waals surface area contributed by atoms with E-state index in [2.05, 4.69) is 0 Å². The quantitative estimate of drug-likeness (QED) is 0.876. The Bertz CT molecular complexity index is 361. The highest BCUT2D eigenvalue weighted by molar-refractivity contribution is 7.99. The molecule has 0 aromatic heterocycles. The van der Waals surface area contributed by atoms with Gasteiger partial charge in [0.1, 0.15) is 5.82 Å². The van der Waals surface area contributed by atoms with Crippen molar-refractivity contribution in [3.05, 3.63) is 35.1 Å². The number of aryl methyl sites for hydroxylation is 1. The molecule has 0 spiro atoms. The first-order valence-electron chi connectivity index (χ1n) is 5.67. The lowest BCUT2D eigenvalue weighted by Gasteiger charge is -2.18. The Labute approximate surface area is 100 Å². The summed E-state index contributed by atoms with van der Waals surface area (Å²) in [6.07, 6.45) is 1.34. The van der Waals surface area contributed by atoms with Crippen LogP contribution in [0.25, 0.3) is 0 Å². The fourth-order valence-electron chi connectivity index (χ4n) is 2.11. The van der Waals surface area contributed by atoms with E-state index in [9.17, 15) is 9.50 Å². The molecule has 88 valence electrons. The highest BCUT2D eigenvalue weighted by atomic mass is 32.2. The van der Waals surface area contributed by atoms with Crippen LogP contribution in [0.4, 0.5) is 4.39 Å². The number of halogens is 1. The van der Waals surface area contributed by atoms with Crippen LogP contribution in [0.3, 0.4) is 0 Å². The number of thioether (sulfide) groups is 1. The van der Waals surface area contributed by atoms with Crippen LogP contribution in [0.1, 0.15) is 17.5 Å². The van der Waals surface area contributed by atoms with Gasteiger partial charge in [-0.1, -0.05) is 6.07 Å². The maximum absolute atomic E-state index is 13.1. The Balaban J connectivity index is 2.04. The highest BCUT2D eigenvalue weighted by Crippen LogP contribution is 2.28. The van der Waals surface area contributed by atoms with E-state index in [4.69, 9.17) is 0 Å². The molecule has 1 nitrogen and oxygen atoms in total. The van der Waals surface area contributed by atoms with Crippen LogP contribution in [0.5, 0.6) is 0 Å². The summed E-state index contributed by atoms with van der Waals surface area (Å²) in [5.74, 6) is 2.35. The van der Waals surface area contributed by atoms with Gasteiger partial charge in [0.2, 0.25) is 0 Å². The van der Waals surface area contributed by atoms with Crippen LogP contribution in [0, 0.1) is 18.7 Å². The lowest BCUT2D eigenvalue weighted by Crippen LogP contribution is -2.22. The Hall–Kier alpha value is -0.540. The smallest absolute Gasteiger partial charge is 0.123 e. The first-order valence-corrected chi connectivity index (χ1v) is 6.83. The summed E-state index contributed by atoms with van der Waals surface area (Å²) >= 11 is 1.89. The fourth-order valence-corrected chi connectivity index (χ4v) is 3.44. The molecule has 2 rings (SSSR count). The van der Waals surface area contributed by atoms with Gasteiger partial charge in [-0.25, -0.2) is 4.39 Å². The standard InChI is InChI=1S/C13H17FOS/c1-9-2-3-12(14)6-11(9)7-13(15)10-4-5-16-8-10/h2-3,6,10,13,15H,4-5,7-8H2,1H3. The topological polar surface area (TPSA) is 20.2 Å². The average Bonchev–Trinajstić information content (AvgIpc) is 2.76. The van der Waals surface area contributed by atoms with Crippen molar-refractivity contribution in [2.24, 2.45) is 5.92 Å². The second kappa shape index (κ2) is 5.19. The van der Waals surface area contributed by atoms with Gasteiger partial charge in [-0.2, -0.15) is 11.8 Å². The Morgan fingerprint density at radius 2 is 2.38 bits per heavy atom. The van der Waals surface area contributed by atoms with Crippen LogP contribution in [0.2, 0.25) is 0 Å². The number of benzene rings is 1. The van der Waals surface area contributed by atoms with E-state index in [0.29, 0.717) is 12.3 Å². The number of rotatable bonds is 3. The predicted octanol–water partition coefficient (Wildman–Crippen LogP) is 2.79. The van der Waals surface area contributed by atoms with Crippen molar-refractivity contribution in [3.63, 3.8) is 0 Å². The van der Waals surface area contributed by atoms with Crippen LogP contribution < -0.4 is 0 Å². The molecular formula is C13H17FOS. The van der Waals surface area contributed by atoms with E-state index >= 15 is 0 Å². The van der Waals surface area contributed by atoms with Gasteiger partial charge in [0, 0.05) is 0 Å². The van der Waals surface area contributed by atoms with Crippen LogP contribution in [-0.4, -0.2) is 22.7 Å². The molecule has 1 N–H and O–H groups in total. The minimum atomic E-state index is -0.324. The third-order valence-corrected chi connectivity index (χ3v) is 4.44. The van der Waals surface area contributed by atoms with Crippen molar-refractivity contribution in [2.75, 3.05) is 11.5 Å². The molecule has 1 fully saturated rings. The third kappa shape index (κ3) is 2.77. The van der Waals surface area contributed by atoms with Gasteiger partial charge in [0.25, 0.3) is 0 Å². The van der Waals surface area contributed by atoms with Crippen LogP contribution >= 0.6 is 11.8 Å². The molecule has 0 aliphatic carbocycles. The largest absolute Gasteiger partial charge is 0.392 e. The molecule has 1 aliphatic heterocycles. The molecule has 0 amide bonds. The minimum Gasteiger partial charge on any atom is -0.392 e. The van der Waals surface area contributed by atoms with Gasteiger partial charge in [0.05, 0.1) is 6.10 Å². The molecular weight excluding hydrogens is 223 g/mol. The molecule has 1 heterocycles. The SMILES string of the molecule is Cc1ccc(F)cc1CC(O)C1CCSC1. The molecule has 16 heavy (non-hydrogen) atoms. The number of hydrogen-bond donors (Lipinski definition) is 1. The van der Waals surface area contributed by atoms with Crippen molar-refractivity contribution < 1.29 is 9.50 Å². The monoisotopic (exact) mass is 240 g/mol. The van der Waals surface area contributed by atoms with Gasteiger partial charge in [-0.15, -0.1) is 0 Å². The van der Waals surface area contributed by atoms with E-state index in [1.807, 2.05) is 18.7 Å². The zero-order valence-electron chi connectivity index (χ0n) is 9.45. The van der Waals surface area contributed by atoms with Gasteiger partial charge in [0.15, 0.2) is 0 Å². The summed E-state index contributed by atoms with van der Waals surface area (Å²) in [5.41, 5.74) is 2.00. The first-order chi connectivity index (χ1) is 7.66. The second-order valence-corrected chi connectivity index (χ2v) is 5.62. The van der Waals surface area contributed by atoms with Crippen LogP contribution in [-0.2, 0) is 6.42 Å². The fraction of sp³-hybridized carbons (Fsp3) is 0.538. The molecule has 2 unspecified atom stereocenters. The van der Waals surface area contributed by atoms with E-state index in [-0.39, 0.29) is 11.9 Å². The van der Waals surface area contributed by atoms with Gasteiger partial charge < -0.3 is 5.11 Å². The summed E-state index contributed by atoms with van der Waals surface area (Å²) < 4.78 is 13.1. The lowest BCUT2D eigenvalue weighted by atomic mass is 9.94. The molecule has 3 heteroatoms. The molecule has 1 aliphatic rings. The molecule has 2 atom stereocenters. The van der Waals surface area contributed by atoms with E-state index < -0.39 is 0 Å². The maximum atomic E-state index is 13.1. The molecule has 0 radical (unpaired) electrons. The molecule has 1 saturated heterocycles. The van der Waals surface area contributed by atoms with Crippen molar-refractivity contribution in [1.29, 1.82) is 0 Å². The minimum absolute atomic E-state index is 0.214. The predicted molar refractivity (Wildman–Crippen MR) is 66.3 cm³/mol. The van der Waals surface area contributed by atoms with Crippen molar-refractivity contribution in [3.8, 4) is 0 Å². The molecule has 1 aromatic rings. The number of aliphatic hydroxyl groups is 1. The van der Waals surface area contributed by atoms with Gasteiger partial charge >= 0.3 is 0 Å². The highest BCUT2D eigenvalue weighted by Gasteiger charge is 2.24. The maximum Gasteiger partial charge on any atom is 0.123 e. The third-order valence-electron chi connectivity index (χ3n) is 3.25. The summed E-state index contributed by atoms with van der Waals surface area (Å²) in [7, 11) is 0. The van der Waals surface area contributed by atoms with E-state index in [1.165, 1.54) is 6.07 Å².